The molecule has 2 aromatic rings. The van der Waals surface area contributed by atoms with E-state index in [-0.39, 0.29) is 23.9 Å². The van der Waals surface area contributed by atoms with E-state index in [0.717, 1.165) is 16.7 Å². The highest BCUT2D eigenvalue weighted by atomic mass is 79.9. The molecule has 2 amide bonds. The fraction of sp³-hybridized carbons (Fsp3) is 0.261. The monoisotopic (exact) mass is 537 g/mol. The van der Waals surface area contributed by atoms with Crippen LogP contribution in [0.15, 0.2) is 45.8 Å². The van der Waals surface area contributed by atoms with Crippen molar-refractivity contribution >= 4 is 50.9 Å². The molecule has 1 aliphatic rings. The predicted molar refractivity (Wildman–Crippen MR) is 125 cm³/mol. The molecule has 1 saturated heterocycles. The van der Waals surface area contributed by atoms with Crippen molar-refractivity contribution in [3.05, 3.63) is 62.7 Å². The normalized spacial score (nSPS) is 15.7. The van der Waals surface area contributed by atoms with Crippen molar-refractivity contribution in [1.29, 1.82) is 0 Å². The van der Waals surface area contributed by atoms with Gasteiger partial charge in [0.1, 0.15) is 18.5 Å². The summed E-state index contributed by atoms with van der Waals surface area (Å²) < 4.78 is 30.5. The van der Waals surface area contributed by atoms with Gasteiger partial charge in [-0.3, -0.25) is 14.5 Å². The first-order valence-corrected chi connectivity index (χ1v) is 11.5. The zero-order chi connectivity index (χ0) is 24.1. The number of rotatable bonds is 8. The SMILES string of the molecule is CCOC(=O)[C@@H](C)N1C(=O)S/C(=C/c2cc(Br)c(OCc3ccccc3F)c(OC)c2)C1=O. The van der Waals surface area contributed by atoms with E-state index in [4.69, 9.17) is 14.2 Å². The fourth-order valence-electron chi connectivity index (χ4n) is 3.06. The molecule has 0 N–H and O–H groups in total. The summed E-state index contributed by atoms with van der Waals surface area (Å²) in [6.07, 6.45) is 1.52. The molecule has 0 aliphatic carbocycles. The number of carbonyl (C=O) groups is 3. The van der Waals surface area contributed by atoms with E-state index in [9.17, 15) is 18.8 Å². The minimum atomic E-state index is -1.03. The summed E-state index contributed by atoms with van der Waals surface area (Å²) in [6.45, 7) is 3.23. The van der Waals surface area contributed by atoms with Crippen LogP contribution in [0.1, 0.15) is 25.0 Å². The van der Waals surface area contributed by atoms with E-state index < -0.39 is 23.2 Å². The van der Waals surface area contributed by atoms with Gasteiger partial charge in [0.15, 0.2) is 11.5 Å². The molecule has 0 spiro atoms. The number of hydrogen-bond acceptors (Lipinski definition) is 7. The van der Waals surface area contributed by atoms with Crippen molar-refractivity contribution in [2.45, 2.75) is 26.5 Å². The molecule has 2 aromatic carbocycles. The Morgan fingerprint density at radius 3 is 2.67 bits per heavy atom. The molecule has 7 nitrogen and oxygen atoms in total. The zero-order valence-electron chi connectivity index (χ0n) is 18.1. The Balaban J connectivity index is 1.83. The summed E-state index contributed by atoms with van der Waals surface area (Å²) in [7, 11) is 1.45. The van der Waals surface area contributed by atoms with Crippen LogP contribution in [-0.2, 0) is 20.9 Å². The number of nitrogens with zero attached hydrogens (tertiary/aromatic N) is 1. The van der Waals surface area contributed by atoms with Crippen molar-refractivity contribution in [2.24, 2.45) is 0 Å². The third-order valence-electron chi connectivity index (χ3n) is 4.72. The number of ether oxygens (including phenoxy) is 3. The van der Waals surface area contributed by atoms with Crippen LogP contribution in [0.3, 0.4) is 0 Å². The molecule has 0 aromatic heterocycles. The molecule has 1 fully saturated rings. The summed E-state index contributed by atoms with van der Waals surface area (Å²) in [5, 5.41) is -0.553. The van der Waals surface area contributed by atoms with Crippen LogP contribution in [0.25, 0.3) is 6.08 Å². The van der Waals surface area contributed by atoms with Gasteiger partial charge in [-0.15, -0.1) is 0 Å². The second-order valence-corrected chi connectivity index (χ2v) is 8.74. The summed E-state index contributed by atoms with van der Waals surface area (Å²) in [6, 6.07) is 8.57. The topological polar surface area (TPSA) is 82.1 Å². The van der Waals surface area contributed by atoms with Gasteiger partial charge in [0.2, 0.25) is 0 Å². The summed E-state index contributed by atoms with van der Waals surface area (Å²) in [4.78, 5) is 38.2. The van der Waals surface area contributed by atoms with Gasteiger partial charge in [0.25, 0.3) is 11.1 Å². The second kappa shape index (κ2) is 10.8. The molecule has 1 atom stereocenters. The van der Waals surface area contributed by atoms with Gasteiger partial charge >= 0.3 is 5.97 Å². The van der Waals surface area contributed by atoms with Crippen LogP contribution in [0.5, 0.6) is 11.5 Å². The van der Waals surface area contributed by atoms with E-state index in [1.54, 1.807) is 37.3 Å². The van der Waals surface area contributed by atoms with E-state index in [1.165, 1.54) is 26.2 Å². The fourth-order valence-corrected chi connectivity index (χ4v) is 4.54. The highest BCUT2D eigenvalue weighted by Gasteiger charge is 2.41. The van der Waals surface area contributed by atoms with Gasteiger partial charge in [-0.25, -0.2) is 9.18 Å². The Morgan fingerprint density at radius 2 is 2.00 bits per heavy atom. The van der Waals surface area contributed by atoms with Gasteiger partial charge < -0.3 is 14.2 Å². The number of thioether (sulfide) groups is 1. The minimum absolute atomic E-state index is 0.00832. The first-order chi connectivity index (χ1) is 15.8. The number of benzene rings is 2. The Morgan fingerprint density at radius 1 is 1.27 bits per heavy atom. The van der Waals surface area contributed by atoms with E-state index in [2.05, 4.69) is 15.9 Å². The van der Waals surface area contributed by atoms with E-state index in [1.807, 2.05) is 0 Å². The molecular formula is C23H21BrFNO6S. The molecule has 10 heteroatoms. The van der Waals surface area contributed by atoms with Gasteiger partial charge in [0, 0.05) is 5.56 Å². The molecular weight excluding hydrogens is 517 g/mol. The maximum Gasteiger partial charge on any atom is 0.329 e. The van der Waals surface area contributed by atoms with Crippen LogP contribution >= 0.6 is 27.7 Å². The van der Waals surface area contributed by atoms with Crippen molar-refractivity contribution < 1.29 is 33.0 Å². The largest absolute Gasteiger partial charge is 0.493 e. The molecule has 0 unspecified atom stereocenters. The highest BCUT2D eigenvalue weighted by Crippen LogP contribution is 2.40. The lowest BCUT2D eigenvalue weighted by molar-refractivity contribution is -0.150. The standard InChI is InChI=1S/C23H21BrFNO6S/c1-4-31-22(28)13(2)26-21(27)19(33-23(26)29)11-14-9-16(24)20(18(10-14)30-3)32-12-15-7-5-6-8-17(15)25/h5-11,13H,4,12H2,1-3H3/b19-11+/t13-/m1/s1. The predicted octanol–water partition coefficient (Wildman–Crippen LogP) is 5.16. The van der Waals surface area contributed by atoms with Crippen LogP contribution in [0.4, 0.5) is 9.18 Å². The zero-order valence-corrected chi connectivity index (χ0v) is 20.5. The molecule has 0 radical (unpaired) electrons. The number of imide groups is 1. The average molecular weight is 538 g/mol. The Labute approximate surface area is 203 Å². The lowest BCUT2D eigenvalue weighted by Crippen LogP contribution is -2.42. The van der Waals surface area contributed by atoms with Gasteiger partial charge in [-0.05, 0) is 71.4 Å². The second-order valence-electron chi connectivity index (χ2n) is 6.89. The number of amides is 2. The van der Waals surface area contributed by atoms with Gasteiger partial charge in [-0.2, -0.15) is 0 Å². The Bertz CT molecular complexity index is 1120. The van der Waals surface area contributed by atoms with Crippen LogP contribution in [-0.4, -0.2) is 41.8 Å². The smallest absolute Gasteiger partial charge is 0.329 e. The molecule has 3 rings (SSSR count). The Hall–Kier alpha value is -2.85. The van der Waals surface area contributed by atoms with E-state index >= 15 is 0 Å². The maximum absolute atomic E-state index is 13.9. The number of halogens is 2. The highest BCUT2D eigenvalue weighted by molar-refractivity contribution is 9.10. The van der Waals surface area contributed by atoms with Crippen molar-refractivity contribution in [3.8, 4) is 11.5 Å². The van der Waals surface area contributed by atoms with Crippen LogP contribution < -0.4 is 9.47 Å². The van der Waals surface area contributed by atoms with Crippen LogP contribution in [0.2, 0.25) is 0 Å². The first-order valence-electron chi connectivity index (χ1n) is 9.94. The van der Waals surface area contributed by atoms with Gasteiger partial charge in [-0.1, -0.05) is 18.2 Å². The minimum Gasteiger partial charge on any atom is -0.493 e. The summed E-state index contributed by atoms with van der Waals surface area (Å²) >= 11 is 4.16. The average Bonchev–Trinajstić information content (AvgIpc) is 3.06. The first kappa shape index (κ1) is 24.8. The quantitative estimate of drug-likeness (QED) is 0.339. The Kier molecular flexibility index (Phi) is 8.15. The molecule has 174 valence electrons. The summed E-state index contributed by atoms with van der Waals surface area (Å²) in [5.74, 6) is -0.896. The molecule has 0 saturated carbocycles. The van der Waals surface area contributed by atoms with Gasteiger partial charge in [0.05, 0.1) is 23.1 Å². The lowest BCUT2D eigenvalue weighted by Gasteiger charge is -2.19. The van der Waals surface area contributed by atoms with Crippen molar-refractivity contribution in [3.63, 3.8) is 0 Å². The van der Waals surface area contributed by atoms with Crippen LogP contribution in [0, 0.1) is 5.82 Å². The van der Waals surface area contributed by atoms with Crippen molar-refractivity contribution in [2.75, 3.05) is 13.7 Å². The maximum atomic E-state index is 13.9. The van der Waals surface area contributed by atoms with Crippen molar-refractivity contribution in [1.82, 2.24) is 4.90 Å². The molecule has 33 heavy (non-hydrogen) atoms. The molecule has 1 heterocycles. The summed E-state index contributed by atoms with van der Waals surface area (Å²) in [5.41, 5.74) is 0.950. The number of hydrogen-bond donors (Lipinski definition) is 0. The molecule has 0 bridgehead atoms. The lowest BCUT2D eigenvalue weighted by atomic mass is 10.1. The third kappa shape index (κ3) is 5.56. The number of methoxy groups -OCH3 is 1. The molecule has 1 aliphatic heterocycles. The van der Waals surface area contributed by atoms with E-state index in [0.29, 0.717) is 27.1 Å². The number of carbonyl (C=O) groups excluding carboxylic acids is 3. The third-order valence-corrected chi connectivity index (χ3v) is 6.19. The number of esters is 1.